The van der Waals surface area contributed by atoms with E-state index in [0.717, 1.165) is 36.8 Å². The Bertz CT molecular complexity index is 612. The molecule has 0 radical (unpaired) electrons. The number of ether oxygens (including phenoxy) is 1. The van der Waals surface area contributed by atoms with Crippen LogP contribution in [0.15, 0.2) is 4.52 Å². The summed E-state index contributed by atoms with van der Waals surface area (Å²) in [6.45, 7) is 8.43. The van der Waals surface area contributed by atoms with Gasteiger partial charge in [-0.3, -0.25) is 4.90 Å². The molecule has 1 saturated heterocycles. The van der Waals surface area contributed by atoms with E-state index in [4.69, 9.17) is 9.26 Å². The quantitative estimate of drug-likeness (QED) is 0.809. The molecule has 1 aliphatic heterocycles. The van der Waals surface area contributed by atoms with Crippen molar-refractivity contribution in [3.63, 3.8) is 0 Å². The molecule has 1 aliphatic rings. The van der Waals surface area contributed by atoms with E-state index in [2.05, 4.69) is 39.1 Å². The van der Waals surface area contributed by atoms with Gasteiger partial charge in [0.1, 0.15) is 5.01 Å². The van der Waals surface area contributed by atoms with E-state index in [-0.39, 0.29) is 12.0 Å². The molecule has 3 heterocycles. The van der Waals surface area contributed by atoms with Gasteiger partial charge in [-0.05, 0) is 26.3 Å². The maximum atomic E-state index is 5.38. The Morgan fingerprint density at radius 1 is 1.41 bits per heavy atom. The highest BCUT2D eigenvalue weighted by atomic mass is 32.1. The van der Waals surface area contributed by atoms with Crippen molar-refractivity contribution >= 4 is 11.3 Å². The first-order chi connectivity index (χ1) is 10.7. The van der Waals surface area contributed by atoms with Crippen molar-refractivity contribution in [2.45, 2.75) is 52.1 Å². The molecule has 120 valence electrons. The lowest BCUT2D eigenvalue weighted by Gasteiger charge is -2.19. The van der Waals surface area contributed by atoms with Gasteiger partial charge in [0.2, 0.25) is 5.89 Å². The lowest BCUT2D eigenvalue weighted by Crippen LogP contribution is -2.23. The summed E-state index contributed by atoms with van der Waals surface area (Å²) in [5.74, 6) is 1.75. The highest BCUT2D eigenvalue weighted by Crippen LogP contribution is 2.33. The van der Waals surface area contributed by atoms with Gasteiger partial charge in [0, 0.05) is 5.92 Å². The van der Waals surface area contributed by atoms with Crippen LogP contribution in [0.2, 0.25) is 0 Å². The van der Waals surface area contributed by atoms with E-state index in [1.807, 2.05) is 6.92 Å². The number of likely N-dealkylation sites (tertiary alicyclic amines) is 1. The van der Waals surface area contributed by atoms with Crippen LogP contribution in [-0.4, -0.2) is 38.4 Å². The second kappa shape index (κ2) is 6.70. The highest BCUT2D eigenvalue weighted by molar-refractivity contribution is 7.13. The Morgan fingerprint density at radius 3 is 3.00 bits per heavy atom. The van der Waals surface area contributed by atoms with Crippen LogP contribution >= 0.6 is 11.3 Å². The molecule has 0 unspecified atom stereocenters. The SMILES string of the molecule is CCOc1nnc(CN2CCC[C@H]2c2noc(C(C)C)n2)s1. The van der Waals surface area contributed by atoms with Gasteiger partial charge in [-0.1, -0.05) is 30.3 Å². The van der Waals surface area contributed by atoms with Crippen LogP contribution in [0, 0.1) is 0 Å². The molecule has 0 saturated carbocycles. The molecule has 1 atom stereocenters. The van der Waals surface area contributed by atoms with E-state index >= 15 is 0 Å². The average molecular weight is 323 g/mol. The van der Waals surface area contributed by atoms with E-state index in [1.165, 1.54) is 11.3 Å². The molecule has 0 amide bonds. The van der Waals surface area contributed by atoms with Crippen LogP contribution in [0.1, 0.15) is 62.3 Å². The molecule has 1 fully saturated rings. The van der Waals surface area contributed by atoms with E-state index in [9.17, 15) is 0 Å². The highest BCUT2D eigenvalue weighted by Gasteiger charge is 2.31. The minimum atomic E-state index is 0.204. The van der Waals surface area contributed by atoms with Crippen molar-refractivity contribution in [1.82, 2.24) is 25.2 Å². The molecule has 0 spiro atoms. The van der Waals surface area contributed by atoms with E-state index < -0.39 is 0 Å². The van der Waals surface area contributed by atoms with Gasteiger partial charge in [0.15, 0.2) is 5.82 Å². The molecular weight excluding hydrogens is 302 g/mol. The Labute approximate surface area is 133 Å². The molecule has 2 aromatic rings. The number of aromatic nitrogens is 4. The Kier molecular flexibility index (Phi) is 4.68. The van der Waals surface area contributed by atoms with E-state index in [0.29, 0.717) is 17.7 Å². The van der Waals surface area contributed by atoms with Crippen molar-refractivity contribution in [3.05, 3.63) is 16.7 Å². The third kappa shape index (κ3) is 3.27. The van der Waals surface area contributed by atoms with Crippen molar-refractivity contribution in [2.24, 2.45) is 0 Å². The minimum absolute atomic E-state index is 0.204. The fourth-order valence-electron chi connectivity index (χ4n) is 2.58. The number of hydrogen-bond donors (Lipinski definition) is 0. The molecule has 0 aromatic carbocycles. The first kappa shape index (κ1) is 15.4. The summed E-state index contributed by atoms with van der Waals surface area (Å²) in [4.78, 5) is 6.88. The van der Waals surface area contributed by atoms with Crippen LogP contribution in [0.3, 0.4) is 0 Å². The predicted molar refractivity (Wildman–Crippen MR) is 81.9 cm³/mol. The molecule has 22 heavy (non-hydrogen) atoms. The smallest absolute Gasteiger partial charge is 0.294 e. The van der Waals surface area contributed by atoms with Gasteiger partial charge in [-0.25, -0.2) is 0 Å². The predicted octanol–water partition coefficient (Wildman–Crippen LogP) is 2.78. The Morgan fingerprint density at radius 2 is 2.27 bits per heavy atom. The van der Waals surface area contributed by atoms with E-state index in [1.54, 1.807) is 0 Å². The topological polar surface area (TPSA) is 77.2 Å². The fourth-order valence-corrected chi connectivity index (χ4v) is 3.35. The van der Waals surface area contributed by atoms with Gasteiger partial charge in [-0.15, -0.1) is 10.2 Å². The lowest BCUT2D eigenvalue weighted by molar-refractivity contribution is 0.233. The van der Waals surface area contributed by atoms with Crippen molar-refractivity contribution in [1.29, 1.82) is 0 Å². The van der Waals surface area contributed by atoms with Crippen LogP contribution in [0.25, 0.3) is 0 Å². The molecule has 3 rings (SSSR count). The van der Waals surface area contributed by atoms with Crippen molar-refractivity contribution in [3.8, 4) is 5.19 Å². The maximum absolute atomic E-state index is 5.38. The van der Waals surface area contributed by atoms with Crippen LogP contribution in [0.4, 0.5) is 0 Å². The fraction of sp³-hybridized carbons (Fsp3) is 0.714. The van der Waals surface area contributed by atoms with Gasteiger partial charge in [0.25, 0.3) is 5.19 Å². The van der Waals surface area contributed by atoms with Gasteiger partial charge in [0.05, 0.1) is 19.2 Å². The summed E-state index contributed by atoms with van der Waals surface area (Å²) in [7, 11) is 0. The number of rotatable bonds is 6. The summed E-state index contributed by atoms with van der Waals surface area (Å²) in [6.07, 6.45) is 2.18. The van der Waals surface area contributed by atoms with Crippen LogP contribution in [-0.2, 0) is 6.54 Å². The molecule has 8 heteroatoms. The first-order valence-corrected chi connectivity index (χ1v) is 8.51. The standard InChI is InChI=1S/C14H21N5O2S/c1-4-20-14-17-16-11(22-14)8-19-7-5-6-10(19)12-15-13(9(2)3)21-18-12/h9-10H,4-8H2,1-3H3/t10-/m0/s1. The maximum Gasteiger partial charge on any atom is 0.294 e. The second-order valence-electron chi connectivity index (χ2n) is 5.67. The molecule has 0 aliphatic carbocycles. The summed E-state index contributed by atoms with van der Waals surface area (Å²) in [5.41, 5.74) is 0. The summed E-state index contributed by atoms with van der Waals surface area (Å²) >= 11 is 1.50. The zero-order valence-electron chi connectivity index (χ0n) is 13.2. The third-order valence-corrected chi connectivity index (χ3v) is 4.49. The van der Waals surface area contributed by atoms with Gasteiger partial charge >= 0.3 is 0 Å². The van der Waals surface area contributed by atoms with Crippen LogP contribution < -0.4 is 4.74 Å². The monoisotopic (exact) mass is 323 g/mol. The van der Waals surface area contributed by atoms with Crippen LogP contribution in [0.5, 0.6) is 5.19 Å². The first-order valence-electron chi connectivity index (χ1n) is 7.70. The number of nitrogens with zero attached hydrogens (tertiary/aromatic N) is 5. The molecule has 0 bridgehead atoms. The van der Waals surface area contributed by atoms with Crippen molar-refractivity contribution < 1.29 is 9.26 Å². The van der Waals surface area contributed by atoms with Crippen molar-refractivity contribution in [2.75, 3.05) is 13.2 Å². The Hall–Kier alpha value is -1.54. The minimum Gasteiger partial charge on any atom is -0.469 e. The second-order valence-corrected chi connectivity index (χ2v) is 6.69. The summed E-state index contributed by atoms with van der Waals surface area (Å²) in [5, 5.41) is 14.0. The summed E-state index contributed by atoms with van der Waals surface area (Å²) < 4.78 is 10.7. The average Bonchev–Trinajstić information content (AvgIpc) is 3.19. The summed E-state index contributed by atoms with van der Waals surface area (Å²) in [6, 6.07) is 0.204. The lowest BCUT2D eigenvalue weighted by atomic mass is 10.2. The largest absolute Gasteiger partial charge is 0.469 e. The van der Waals surface area contributed by atoms with Gasteiger partial charge < -0.3 is 9.26 Å². The normalized spacial score (nSPS) is 19.2. The third-order valence-electron chi connectivity index (χ3n) is 3.67. The zero-order chi connectivity index (χ0) is 15.5. The molecular formula is C14H21N5O2S. The molecule has 2 aromatic heterocycles. The zero-order valence-corrected chi connectivity index (χ0v) is 14.0. The van der Waals surface area contributed by atoms with Gasteiger partial charge in [-0.2, -0.15) is 4.98 Å². The molecule has 0 N–H and O–H groups in total. The molecule has 7 nitrogen and oxygen atoms in total. The Balaban J connectivity index is 1.69. The number of hydrogen-bond acceptors (Lipinski definition) is 8.